The maximum Gasteiger partial charge on any atom is 0.338 e. The smallest absolute Gasteiger partial charge is 0.338 e. The van der Waals surface area contributed by atoms with Gasteiger partial charge in [-0.05, 0) is 23.9 Å². The topological polar surface area (TPSA) is 36.9 Å². The molecule has 0 spiro atoms. The summed E-state index contributed by atoms with van der Waals surface area (Å²) in [5, 5.41) is 0. The number of rotatable bonds is 8. The van der Waals surface area contributed by atoms with E-state index in [9.17, 15) is 0 Å². The van der Waals surface area contributed by atoms with Gasteiger partial charge < -0.3 is 17.7 Å². The summed E-state index contributed by atoms with van der Waals surface area (Å²) in [5.41, 5.74) is 0. The van der Waals surface area contributed by atoms with Crippen molar-refractivity contribution in [3.05, 3.63) is 0 Å². The predicted molar refractivity (Wildman–Crippen MR) is 81.6 cm³/mol. The van der Waals surface area contributed by atoms with Crippen molar-refractivity contribution in [1.29, 1.82) is 0 Å². The highest BCUT2D eigenvalue weighted by Gasteiger charge is 2.36. The van der Waals surface area contributed by atoms with E-state index in [0.717, 1.165) is 12.1 Å². The highest BCUT2D eigenvalue weighted by Crippen LogP contribution is 2.26. The van der Waals surface area contributed by atoms with Crippen molar-refractivity contribution in [2.75, 3.05) is 28.4 Å². The second kappa shape index (κ2) is 12.3. The van der Waals surface area contributed by atoms with Crippen molar-refractivity contribution in [3.63, 3.8) is 0 Å². The molecule has 0 fully saturated rings. The van der Waals surface area contributed by atoms with Crippen molar-refractivity contribution in [3.8, 4) is 0 Å². The van der Waals surface area contributed by atoms with Gasteiger partial charge in [0.05, 0.1) is 0 Å². The molecule has 0 saturated carbocycles. The first kappa shape index (κ1) is 20.6. The van der Waals surface area contributed by atoms with Gasteiger partial charge in [-0.2, -0.15) is 0 Å². The van der Waals surface area contributed by atoms with Crippen LogP contribution in [0.1, 0.15) is 27.7 Å². The molecule has 0 radical (unpaired) electrons. The molecule has 0 atom stereocenters. The highest BCUT2D eigenvalue weighted by atomic mass is 28.4. The van der Waals surface area contributed by atoms with Crippen LogP contribution in [0.4, 0.5) is 0 Å². The Bertz CT molecular complexity index is 159. The van der Waals surface area contributed by atoms with Gasteiger partial charge in [-0.1, -0.05) is 27.7 Å². The summed E-state index contributed by atoms with van der Waals surface area (Å²) in [6, 6.07) is 2.19. The molecule has 0 aromatic heterocycles. The normalized spacial score (nSPS) is 11.7. The first-order valence-corrected chi connectivity index (χ1v) is 9.84. The zero-order chi connectivity index (χ0) is 14.6. The van der Waals surface area contributed by atoms with Gasteiger partial charge in [-0.3, -0.25) is 0 Å². The average Bonchev–Trinajstić information content (AvgIpc) is 2.28. The minimum Gasteiger partial charge on any atom is -0.402 e. The molecule has 0 bridgehead atoms. The van der Waals surface area contributed by atoms with E-state index in [2.05, 4.69) is 36.5 Å². The Morgan fingerprint density at radius 2 is 1.11 bits per heavy atom. The highest BCUT2D eigenvalue weighted by molar-refractivity contribution is 6.67. The summed E-state index contributed by atoms with van der Waals surface area (Å²) in [4.78, 5) is 0. The van der Waals surface area contributed by atoms with Crippen molar-refractivity contribution < 1.29 is 17.7 Å². The van der Waals surface area contributed by atoms with E-state index in [0.29, 0.717) is 11.8 Å². The van der Waals surface area contributed by atoms with E-state index in [1.807, 2.05) is 0 Å². The Hall–Kier alpha value is 0.274. The molecule has 0 rings (SSSR count). The van der Waals surface area contributed by atoms with Gasteiger partial charge in [0.2, 0.25) is 0 Å². The lowest BCUT2D eigenvalue weighted by atomic mass is 10.3. The van der Waals surface area contributed by atoms with Crippen molar-refractivity contribution in [2.24, 2.45) is 11.8 Å². The van der Waals surface area contributed by atoms with E-state index in [4.69, 9.17) is 8.85 Å². The zero-order valence-corrected chi connectivity index (χ0v) is 15.8. The lowest BCUT2D eigenvalue weighted by Crippen LogP contribution is -2.42. The molecule has 0 heterocycles. The SMILES string of the molecule is CO[SiH2]OC.CO[Si](CC(C)C)(CC(C)C)OC. The van der Waals surface area contributed by atoms with Gasteiger partial charge in [0.15, 0.2) is 0 Å². The van der Waals surface area contributed by atoms with Gasteiger partial charge in [0.1, 0.15) is 0 Å². The molecule has 0 amide bonds. The fraction of sp³-hybridized carbons (Fsp3) is 1.00. The van der Waals surface area contributed by atoms with E-state index in [1.54, 1.807) is 28.4 Å². The maximum atomic E-state index is 5.63. The molecule has 0 aliphatic rings. The van der Waals surface area contributed by atoms with Gasteiger partial charge in [0, 0.05) is 28.4 Å². The Kier molecular flexibility index (Phi) is 14.1. The third-order valence-corrected chi connectivity index (χ3v) is 7.25. The summed E-state index contributed by atoms with van der Waals surface area (Å²) >= 11 is 0. The molecule has 112 valence electrons. The summed E-state index contributed by atoms with van der Waals surface area (Å²) in [6.45, 7) is 8.89. The molecule has 18 heavy (non-hydrogen) atoms. The van der Waals surface area contributed by atoms with Gasteiger partial charge in [0.25, 0.3) is 0 Å². The summed E-state index contributed by atoms with van der Waals surface area (Å²) in [5.74, 6) is 1.32. The molecule has 0 saturated heterocycles. The summed E-state index contributed by atoms with van der Waals surface area (Å²) in [6.07, 6.45) is 0. The summed E-state index contributed by atoms with van der Waals surface area (Å²) < 4.78 is 20.5. The fourth-order valence-electron chi connectivity index (χ4n) is 1.86. The Labute approximate surface area is 117 Å². The van der Waals surface area contributed by atoms with Crippen molar-refractivity contribution >= 4 is 18.6 Å². The Balaban J connectivity index is 0. The quantitative estimate of drug-likeness (QED) is 0.644. The molecule has 0 unspecified atom stereocenters. The van der Waals surface area contributed by atoms with Crippen LogP contribution in [0, 0.1) is 11.8 Å². The lowest BCUT2D eigenvalue weighted by molar-refractivity contribution is 0.230. The van der Waals surface area contributed by atoms with Crippen LogP contribution in [-0.2, 0) is 17.7 Å². The Morgan fingerprint density at radius 3 is 1.22 bits per heavy atom. The standard InChI is InChI=1S/C10H24O2Si.C2H8O2Si/c1-9(2)7-13(11-5,12-6)8-10(3)4;1-3-5-4-2/h9-10H,7-8H2,1-6H3;5H2,1-2H3. The van der Waals surface area contributed by atoms with Crippen LogP contribution in [0.2, 0.25) is 12.1 Å². The van der Waals surface area contributed by atoms with Crippen LogP contribution < -0.4 is 0 Å². The first-order valence-electron chi connectivity index (χ1n) is 6.45. The second-order valence-corrected chi connectivity index (χ2v) is 10.1. The van der Waals surface area contributed by atoms with E-state index in [-0.39, 0.29) is 0 Å². The van der Waals surface area contributed by atoms with Gasteiger partial charge in [-0.15, -0.1) is 0 Å². The first-order chi connectivity index (χ1) is 8.37. The molecule has 6 heteroatoms. The van der Waals surface area contributed by atoms with E-state index in [1.165, 1.54) is 0 Å². The molecular weight excluding hydrogens is 264 g/mol. The predicted octanol–water partition coefficient (Wildman–Crippen LogP) is 2.31. The monoisotopic (exact) mass is 296 g/mol. The molecular formula is C12H32O4Si2. The second-order valence-electron chi connectivity index (χ2n) is 5.21. The molecule has 0 aromatic rings. The third-order valence-electron chi connectivity index (χ3n) is 2.42. The average molecular weight is 297 g/mol. The van der Waals surface area contributed by atoms with Crippen molar-refractivity contribution in [2.45, 2.75) is 39.8 Å². The van der Waals surface area contributed by atoms with E-state index >= 15 is 0 Å². The van der Waals surface area contributed by atoms with Gasteiger partial charge >= 0.3 is 18.6 Å². The molecule has 0 N–H and O–H groups in total. The van der Waals surface area contributed by atoms with Crippen LogP contribution in [-0.4, -0.2) is 47.0 Å². The molecule has 0 aromatic carbocycles. The third kappa shape index (κ3) is 11.4. The van der Waals surface area contributed by atoms with Crippen molar-refractivity contribution in [1.82, 2.24) is 0 Å². The van der Waals surface area contributed by atoms with Crippen LogP contribution in [0.25, 0.3) is 0 Å². The Morgan fingerprint density at radius 1 is 0.778 bits per heavy atom. The zero-order valence-electron chi connectivity index (χ0n) is 13.4. The van der Waals surface area contributed by atoms with Crippen LogP contribution >= 0.6 is 0 Å². The fourth-order valence-corrected chi connectivity index (χ4v) is 5.59. The lowest BCUT2D eigenvalue weighted by Gasteiger charge is -2.30. The summed E-state index contributed by atoms with van der Waals surface area (Å²) in [7, 11) is 4.44. The minimum atomic E-state index is -1.87. The number of hydrogen-bond donors (Lipinski definition) is 0. The van der Waals surface area contributed by atoms with Crippen LogP contribution in [0.15, 0.2) is 0 Å². The number of hydrogen-bond acceptors (Lipinski definition) is 4. The van der Waals surface area contributed by atoms with Gasteiger partial charge in [-0.25, -0.2) is 0 Å². The molecule has 0 aliphatic heterocycles. The minimum absolute atomic E-state index is 0.568. The van der Waals surface area contributed by atoms with E-state index < -0.39 is 18.6 Å². The molecule has 4 nitrogen and oxygen atoms in total. The largest absolute Gasteiger partial charge is 0.402 e. The maximum absolute atomic E-state index is 5.63. The molecule has 0 aliphatic carbocycles. The van der Waals surface area contributed by atoms with Crippen LogP contribution in [0.3, 0.4) is 0 Å². The van der Waals surface area contributed by atoms with Crippen LogP contribution in [0.5, 0.6) is 0 Å².